The molecule has 7 nitrogen and oxygen atoms in total. The number of aliphatic hydroxyl groups excluding tert-OH is 2. The van der Waals surface area contributed by atoms with Crippen molar-refractivity contribution in [2.45, 2.75) is 155 Å². The molecule has 0 aliphatic carbocycles. The molecule has 0 saturated heterocycles. The second kappa shape index (κ2) is 18.3. The third kappa shape index (κ3) is 12.1. The van der Waals surface area contributed by atoms with Gasteiger partial charge in [-0.1, -0.05) is 86.8 Å². The highest BCUT2D eigenvalue weighted by molar-refractivity contribution is 6.74. The zero-order valence-corrected chi connectivity index (χ0v) is 34.3. The van der Waals surface area contributed by atoms with Crippen LogP contribution in [-0.4, -0.2) is 57.6 Å². The first-order valence-corrected chi connectivity index (χ1v) is 24.1. The lowest BCUT2D eigenvalue weighted by molar-refractivity contribution is 0.0182. The Morgan fingerprint density at radius 2 is 1.23 bits per heavy atom. The smallest absolute Gasteiger partial charge is 0.250 e. The summed E-state index contributed by atoms with van der Waals surface area (Å²) >= 11 is 0. The van der Waals surface area contributed by atoms with Crippen molar-refractivity contribution < 1.29 is 33.6 Å². The third-order valence-electron chi connectivity index (χ3n) is 10.1. The lowest BCUT2D eigenvalue weighted by atomic mass is 9.94. The number of ether oxygens (including phenoxy) is 3. The first-order chi connectivity index (χ1) is 22.3. The molecule has 0 radical (unpaired) electrons. The molecule has 0 saturated carbocycles. The van der Waals surface area contributed by atoms with E-state index in [9.17, 15) is 15.0 Å². The van der Waals surface area contributed by atoms with Gasteiger partial charge in [-0.2, -0.15) is 0 Å². The van der Waals surface area contributed by atoms with Gasteiger partial charge in [0.15, 0.2) is 8.32 Å². The van der Waals surface area contributed by atoms with E-state index >= 15 is 0 Å². The van der Waals surface area contributed by atoms with Crippen molar-refractivity contribution in [1.82, 2.24) is 0 Å². The zero-order chi connectivity index (χ0) is 36.3. The molecule has 0 aromatic heterocycles. The molecule has 9 heteroatoms. The quantitative estimate of drug-likeness (QED) is 0.0879. The molecule has 0 aliphatic rings. The van der Waals surface area contributed by atoms with Crippen molar-refractivity contribution in [2.24, 2.45) is 0 Å². The maximum Gasteiger partial charge on any atom is 0.250 e. The summed E-state index contributed by atoms with van der Waals surface area (Å²) in [7, 11) is -4.76. The Hall–Kier alpha value is -2.05. The van der Waals surface area contributed by atoms with E-state index in [2.05, 4.69) is 68.5 Å². The van der Waals surface area contributed by atoms with E-state index in [-0.39, 0.29) is 16.5 Å². The standard InChI is InChI=1S/C39H68O7Si2/c1-13-16-21-43-31-25-35(45-23-18-15-3)32(36(26-31)46-48(11,12)38(4,5)6)27-33(40)37(41)29-19-20-30(28-39(7,8)47(9,10)42)34(24-29)44-22-17-14-2/h19-20,24-26,33,37,40-42H,13-18,21-23,27-28H2,1-12H3/t33-,37-/m0/s1. The SMILES string of the molecule is CCCCOc1cc(OCCCC)c(C[C@H](O)[C@@H](O)c2ccc(CC(C)(C)[Si](C)(C)O)c(OCCCC)c2)c(O[Si](C)(C)C(C)(C)C)c1. The van der Waals surface area contributed by atoms with Crippen LogP contribution >= 0.6 is 0 Å². The molecule has 0 spiro atoms. The Balaban J connectivity index is 2.56. The monoisotopic (exact) mass is 704 g/mol. The van der Waals surface area contributed by atoms with E-state index in [1.165, 1.54) is 0 Å². The summed E-state index contributed by atoms with van der Waals surface area (Å²) < 4.78 is 25.6. The van der Waals surface area contributed by atoms with E-state index in [1.54, 1.807) is 0 Å². The van der Waals surface area contributed by atoms with Crippen LogP contribution in [0.15, 0.2) is 30.3 Å². The minimum Gasteiger partial charge on any atom is -0.543 e. The highest BCUT2D eigenvalue weighted by atomic mass is 28.4. The van der Waals surface area contributed by atoms with Crippen LogP contribution in [0.5, 0.6) is 23.0 Å². The van der Waals surface area contributed by atoms with Gasteiger partial charge in [0.1, 0.15) is 29.1 Å². The summed E-state index contributed by atoms with van der Waals surface area (Å²) in [6, 6.07) is 9.54. The van der Waals surface area contributed by atoms with E-state index < -0.39 is 28.8 Å². The first-order valence-electron chi connectivity index (χ1n) is 18.2. The van der Waals surface area contributed by atoms with Crippen LogP contribution in [0.4, 0.5) is 0 Å². The fraction of sp³-hybridized carbons (Fsp3) is 0.692. The van der Waals surface area contributed by atoms with Crippen LogP contribution < -0.4 is 18.6 Å². The minimum atomic E-state index is -2.47. The molecule has 2 aromatic carbocycles. The Kier molecular flexibility index (Phi) is 16.0. The molecule has 0 unspecified atom stereocenters. The van der Waals surface area contributed by atoms with Crippen LogP contribution in [0.25, 0.3) is 0 Å². The van der Waals surface area contributed by atoms with Crippen molar-refractivity contribution >= 4 is 16.6 Å². The molecule has 3 N–H and O–H groups in total. The normalized spacial score (nSPS) is 14.1. The zero-order valence-electron chi connectivity index (χ0n) is 32.3. The summed E-state index contributed by atoms with van der Waals surface area (Å²) in [5.41, 5.74) is 2.31. The molecule has 274 valence electrons. The molecule has 48 heavy (non-hydrogen) atoms. The largest absolute Gasteiger partial charge is 0.543 e. The predicted molar refractivity (Wildman–Crippen MR) is 204 cm³/mol. The van der Waals surface area contributed by atoms with Crippen molar-refractivity contribution in [3.8, 4) is 23.0 Å². The van der Waals surface area contributed by atoms with Gasteiger partial charge in [0.2, 0.25) is 8.32 Å². The molecule has 0 bridgehead atoms. The summed E-state index contributed by atoms with van der Waals surface area (Å²) in [5, 5.41) is 22.9. The second-order valence-corrected chi connectivity index (χ2v) is 25.3. The Labute approximate surface area is 294 Å². The Bertz CT molecular complexity index is 1260. The third-order valence-corrected chi connectivity index (χ3v) is 17.9. The predicted octanol–water partition coefficient (Wildman–Crippen LogP) is 9.76. The molecule has 2 rings (SSSR count). The first kappa shape index (κ1) is 42.1. The molecule has 2 atom stereocenters. The Morgan fingerprint density at radius 1 is 0.708 bits per heavy atom. The molecule has 0 amide bonds. The van der Waals surface area contributed by atoms with Gasteiger partial charge in [0.05, 0.1) is 25.9 Å². The number of hydrogen-bond acceptors (Lipinski definition) is 7. The van der Waals surface area contributed by atoms with Gasteiger partial charge in [-0.3, -0.25) is 0 Å². The van der Waals surface area contributed by atoms with Crippen LogP contribution in [0, 0.1) is 0 Å². The van der Waals surface area contributed by atoms with E-state index in [1.807, 2.05) is 43.4 Å². The average Bonchev–Trinajstić information content (AvgIpc) is 2.98. The van der Waals surface area contributed by atoms with Crippen LogP contribution in [0.1, 0.15) is 117 Å². The molecular formula is C39H68O7Si2. The van der Waals surface area contributed by atoms with Crippen molar-refractivity contribution in [3.05, 3.63) is 47.0 Å². The molecule has 2 aromatic rings. The van der Waals surface area contributed by atoms with Crippen molar-refractivity contribution in [3.63, 3.8) is 0 Å². The van der Waals surface area contributed by atoms with Gasteiger partial charge < -0.3 is 33.6 Å². The number of benzene rings is 2. The van der Waals surface area contributed by atoms with Crippen LogP contribution in [0.3, 0.4) is 0 Å². The minimum absolute atomic E-state index is 0.0527. The lowest BCUT2D eigenvalue weighted by Gasteiger charge is -2.37. The number of aliphatic hydroxyl groups is 2. The van der Waals surface area contributed by atoms with Gasteiger partial charge in [0.25, 0.3) is 0 Å². The molecule has 0 fully saturated rings. The molecule has 0 heterocycles. The summed E-state index contributed by atoms with van der Waals surface area (Å²) in [6.07, 6.45) is 4.24. The topological polar surface area (TPSA) is 97.6 Å². The second-order valence-electron chi connectivity index (χ2n) is 16.1. The maximum atomic E-state index is 11.7. The fourth-order valence-corrected chi connectivity index (χ4v) is 6.45. The van der Waals surface area contributed by atoms with Crippen molar-refractivity contribution in [1.29, 1.82) is 0 Å². The summed E-state index contributed by atoms with van der Waals surface area (Å²) in [6.45, 7) is 27.2. The number of hydrogen-bond donors (Lipinski definition) is 3. The maximum absolute atomic E-state index is 11.7. The van der Waals surface area contributed by atoms with Gasteiger partial charge in [-0.05, 0) is 79.1 Å². The molecular weight excluding hydrogens is 637 g/mol. The van der Waals surface area contributed by atoms with E-state index in [4.69, 9.17) is 18.6 Å². The van der Waals surface area contributed by atoms with Crippen LogP contribution in [-0.2, 0) is 12.8 Å². The van der Waals surface area contributed by atoms with E-state index in [0.717, 1.165) is 49.7 Å². The highest BCUT2D eigenvalue weighted by Gasteiger charge is 2.41. The van der Waals surface area contributed by atoms with Crippen LogP contribution in [0.2, 0.25) is 36.3 Å². The number of unbranched alkanes of at least 4 members (excludes halogenated alkanes) is 3. The highest BCUT2D eigenvalue weighted by Crippen LogP contribution is 2.44. The molecule has 0 aliphatic heterocycles. The lowest BCUT2D eigenvalue weighted by Crippen LogP contribution is -2.44. The number of rotatable bonds is 21. The van der Waals surface area contributed by atoms with Gasteiger partial charge >= 0.3 is 0 Å². The fourth-order valence-electron chi connectivity index (χ4n) is 4.79. The Morgan fingerprint density at radius 3 is 1.75 bits per heavy atom. The van der Waals surface area contributed by atoms with Gasteiger partial charge in [-0.15, -0.1) is 0 Å². The average molecular weight is 705 g/mol. The van der Waals surface area contributed by atoms with Gasteiger partial charge in [-0.25, -0.2) is 0 Å². The summed E-state index contributed by atoms with van der Waals surface area (Å²) in [5.74, 6) is 2.64. The van der Waals surface area contributed by atoms with Crippen molar-refractivity contribution in [2.75, 3.05) is 19.8 Å². The van der Waals surface area contributed by atoms with Gasteiger partial charge in [0, 0.05) is 24.1 Å². The van der Waals surface area contributed by atoms with E-state index in [0.29, 0.717) is 54.8 Å². The summed E-state index contributed by atoms with van der Waals surface area (Å²) in [4.78, 5) is 11.0.